The molecular weight excluding hydrogens is 445 g/mol. The summed E-state index contributed by atoms with van der Waals surface area (Å²) in [4.78, 5) is 23.4. The molecule has 0 fully saturated rings. The lowest BCUT2D eigenvalue weighted by molar-refractivity contribution is -0.255. The number of aryl methyl sites for hydroxylation is 1. The van der Waals surface area contributed by atoms with Crippen LogP contribution < -0.4 is 21.1 Å². The van der Waals surface area contributed by atoms with E-state index in [4.69, 9.17) is 47.0 Å². The van der Waals surface area contributed by atoms with Gasteiger partial charge in [-0.2, -0.15) is 0 Å². The monoisotopic (exact) mass is 458 g/mol. The molecule has 0 aliphatic carbocycles. The quantitative estimate of drug-likeness (QED) is 0.362. The highest BCUT2D eigenvalue weighted by Gasteiger charge is 2.34. The van der Waals surface area contributed by atoms with Crippen molar-refractivity contribution in [1.29, 1.82) is 0 Å². The Morgan fingerprint density at radius 1 is 1.04 bits per heavy atom. The molecule has 0 bridgehead atoms. The van der Waals surface area contributed by atoms with Gasteiger partial charge in [0.05, 0.1) is 5.97 Å². The summed E-state index contributed by atoms with van der Waals surface area (Å²) in [6.07, 6.45) is -1.16. The summed E-state index contributed by atoms with van der Waals surface area (Å²) in [5, 5.41) is 19.0. The molecule has 0 aliphatic heterocycles. The second kappa shape index (κ2) is 9.43. The number of nitrogens with one attached hydrogen (secondary N) is 3. The number of benzene rings is 2. The summed E-state index contributed by atoms with van der Waals surface area (Å²) in [7, 11) is 0. The Labute approximate surface area is 182 Å². The van der Waals surface area contributed by atoms with Gasteiger partial charge in [0.25, 0.3) is 5.91 Å². The first kappa shape index (κ1) is 22.2. The number of hydrogen-bond donors (Lipinski definition) is 3. The number of anilines is 1. The van der Waals surface area contributed by atoms with Crippen LogP contribution in [0, 0.1) is 6.92 Å². The third-order valence-corrected chi connectivity index (χ3v) is 4.39. The maximum absolute atomic E-state index is 12.5. The minimum absolute atomic E-state index is 0.0105. The molecule has 0 unspecified atom stereocenters. The maximum atomic E-state index is 12.5. The highest BCUT2D eigenvalue weighted by Crippen LogP contribution is 2.29. The second-order valence-electron chi connectivity index (χ2n) is 5.78. The van der Waals surface area contributed by atoms with Crippen LogP contribution in [0.25, 0.3) is 0 Å². The van der Waals surface area contributed by atoms with E-state index in [0.29, 0.717) is 11.3 Å². The Hall–Kier alpha value is -2.06. The Kier molecular flexibility index (Phi) is 7.48. The van der Waals surface area contributed by atoms with Gasteiger partial charge in [-0.05, 0) is 49.0 Å². The molecule has 0 saturated carbocycles. The van der Waals surface area contributed by atoms with Crippen molar-refractivity contribution in [3.8, 4) is 0 Å². The molecule has 0 spiro atoms. The Morgan fingerprint density at radius 2 is 1.68 bits per heavy atom. The fourth-order valence-corrected chi connectivity index (χ4v) is 2.79. The average molecular weight is 460 g/mol. The molecule has 0 aromatic heterocycles. The molecule has 2 aromatic rings. The molecule has 3 N–H and O–H groups in total. The van der Waals surface area contributed by atoms with Crippen molar-refractivity contribution in [1.82, 2.24) is 10.6 Å². The summed E-state index contributed by atoms with van der Waals surface area (Å²) < 4.78 is -1.92. The number of carbonyl (C=O) groups is 2. The van der Waals surface area contributed by atoms with Crippen LogP contribution in [0.15, 0.2) is 48.5 Å². The van der Waals surface area contributed by atoms with Crippen LogP contribution in [0.2, 0.25) is 0 Å². The first-order valence-electron chi connectivity index (χ1n) is 7.89. The number of carboxylic acids is 1. The van der Waals surface area contributed by atoms with Gasteiger partial charge >= 0.3 is 0 Å². The van der Waals surface area contributed by atoms with Crippen LogP contribution in [0.5, 0.6) is 0 Å². The molecule has 1 atom stereocenters. The largest absolute Gasteiger partial charge is 0.545 e. The fraction of sp³-hybridized carbons (Fsp3) is 0.167. The van der Waals surface area contributed by atoms with Crippen LogP contribution in [-0.2, 0) is 0 Å². The van der Waals surface area contributed by atoms with E-state index in [1.54, 1.807) is 24.3 Å². The van der Waals surface area contributed by atoms with E-state index in [2.05, 4.69) is 16.0 Å². The average Bonchev–Trinajstić information content (AvgIpc) is 2.60. The molecule has 10 heteroatoms. The molecule has 6 nitrogen and oxygen atoms in total. The third-order valence-electron chi connectivity index (χ3n) is 3.51. The zero-order chi connectivity index (χ0) is 20.9. The molecule has 1 amide bonds. The smallest absolute Gasteiger partial charge is 0.252 e. The zero-order valence-electron chi connectivity index (χ0n) is 14.5. The number of rotatable bonds is 5. The van der Waals surface area contributed by atoms with Crippen LogP contribution >= 0.6 is 47.0 Å². The lowest BCUT2D eigenvalue weighted by atomic mass is 10.1. The van der Waals surface area contributed by atoms with E-state index in [-0.39, 0.29) is 10.7 Å². The summed E-state index contributed by atoms with van der Waals surface area (Å²) in [5.41, 5.74) is 1.64. The zero-order valence-corrected chi connectivity index (χ0v) is 17.5. The van der Waals surface area contributed by atoms with E-state index in [1.165, 1.54) is 18.2 Å². The van der Waals surface area contributed by atoms with Crippen molar-refractivity contribution in [2.24, 2.45) is 0 Å². The number of alkyl halides is 3. The predicted molar refractivity (Wildman–Crippen MR) is 113 cm³/mol. The fourth-order valence-electron chi connectivity index (χ4n) is 2.22. The second-order valence-corrected chi connectivity index (χ2v) is 8.56. The topological polar surface area (TPSA) is 93.3 Å². The van der Waals surface area contributed by atoms with Crippen molar-refractivity contribution < 1.29 is 14.7 Å². The Bertz CT molecular complexity index is 903. The van der Waals surface area contributed by atoms with Gasteiger partial charge in [-0.25, -0.2) is 0 Å². The van der Waals surface area contributed by atoms with E-state index < -0.39 is 21.8 Å². The van der Waals surface area contributed by atoms with E-state index in [9.17, 15) is 14.7 Å². The van der Waals surface area contributed by atoms with Gasteiger partial charge in [0.2, 0.25) is 3.79 Å². The van der Waals surface area contributed by atoms with E-state index in [0.717, 1.165) is 5.56 Å². The maximum Gasteiger partial charge on any atom is 0.252 e. The number of amides is 1. The van der Waals surface area contributed by atoms with Gasteiger partial charge in [0, 0.05) is 11.3 Å². The predicted octanol–water partition coefficient (Wildman–Crippen LogP) is 2.77. The number of aromatic carboxylic acids is 1. The molecule has 0 radical (unpaired) electrons. The van der Waals surface area contributed by atoms with Crippen molar-refractivity contribution in [3.05, 3.63) is 65.2 Å². The van der Waals surface area contributed by atoms with Crippen molar-refractivity contribution in [3.63, 3.8) is 0 Å². The van der Waals surface area contributed by atoms with Gasteiger partial charge in [-0.3, -0.25) is 4.79 Å². The Balaban J connectivity index is 2.09. The molecular formula is C18H15Cl3N3O3S-. The van der Waals surface area contributed by atoms with Crippen LogP contribution in [0.3, 0.4) is 0 Å². The number of halogens is 3. The third kappa shape index (κ3) is 6.53. The van der Waals surface area contributed by atoms with E-state index in [1.807, 2.05) is 13.0 Å². The van der Waals surface area contributed by atoms with Crippen molar-refractivity contribution in [2.45, 2.75) is 16.9 Å². The van der Waals surface area contributed by atoms with Gasteiger partial charge in [-0.15, -0.1) is 0 Å². The molecule has 28 heavy (non-hydrogen) atoms. The van der Waals surface area contributed by atoms with Crippen LogP contribution in [-0.4, -0.2) is 26.9 Å². The van der Waals surface area contributed by atoms with Crippen molar-refractivity contribution >= 4 is 69.7 Å². The molecule has 0 saturated heterocycles. The molecule has 148 valence electrons. The minimum atomic E-state index is -1.92. The van der Waals surface area contributed by atoms with Gasteiger partial charge in [-0.1, -0.05) is 64.6 Å². The first-order chi connectivity index (χ1) is 13.1. The number of carbonyl (C=O) groups excluding carboxylic acids is 2. The van der Waals surface area contributed by atoms with Gasteiger partial charge in [0.15, 0.2) is 5.11 Å². The molecule has 2 rings (SSSR count). The van der Waals surface area contributed by atoms with Crippen LogP contribution in [0.4, 0.5) is 5.69 Å². The molecule has 0 heterocycles. The SMILES string of the molecule is Cc1cccc(C(=O)N[C@@H](NC(=S)Nc2cccc(C(=O)[O-])c2)C(Cl)(Cl)Cl)c1. The summed E-state index contributed by atoms with van der Waals surface area (Å²) in [5.74, 6) is -1.79. The van der Waals surface area contributed by atoms with Gasteiger partial charge in [0.1, 0.15) is 6.17 Å². The highest BCUT2D eigenvalue weighted by atomic mass is 35.6. The van der Waals surface area contributed by atoms with Crippen molar-refractivity contribution in [2.75, 3.05) is 5.32 Å². The summed E-state index contributed by atoms with van der Waals surface area (Å²) in [6, 6.07) is 12.7. The normalized spacial score (nSPS) is 12.0. The minimum Gasteiger partial charge on any atom is -0.545 e. The summed E-state index contributed by atoms with van der Waals surface area (Å²) in [6.45, 7) is 1.85. The number of carboxylic acid groups (broad SMARTS) is 1. The number of hydrogen-bond acceptors (Lipinski definition) is 4. The standard InChI is InChI=1S/C18H16Cl3N3O3S/c1-10-4-2-5-11(8-10)14(25)23-16(18(19,20)21)24-17(28)22-13-7-3-6-12(9-13)15(26)27/h2-9,16H,1H3,(H,23,25)(H,26,27)(H2,22,24,28)/p-1/t16-/m0/s1. The molecule has 2 aromatic carbocycles. The molecule has 0 aliphatic rings. The van der Waals surface area contributed by atoms with Gasteiger partial charge < -0.3 is 25.9 Å². The van der Waals surface area contributed by atoms with E-state index >= 15 is 0 Å². The lowest BCUT2D eigenvalue weighted by Crippen LogP contribution is -2.56. The lowest BCUT2D eigenvalue weighted by Gasteiger charge is -2.28. The highest BCUT2D eigenvalue weighted by molar-refractivity contribution is 7.80. The summed E-state index contributed by atoms with van der Waals surface area (Å²) >= 11 is 23.0. The number of thiocarbonyl (C=S) groups is 1. The Morgan fingerprint density at radius 3 is 2.29 bits per heavy atom. The first-order valence-corrected chi connectivity index (χ1v) is 9.43. The van der Waals surface area contributed by atoms with Crippen LogP contribution in [0.1, 0.15) is 26.3 Å².